The van der Waals surface area contributed by atoms with E-state index in [0.29, 0.717) is 5.25 Å². The van der Waals surface area contributed by atoms with Crippen molar-refractivity contribution in [3.05, 3.63) is 24.0 Å². The molecule has 2 aromatic heterocycles. The van der Waals surface area contributed by atoms with Gasteiger partial charge >= 0.3 is 0 Å². The second kappa shape index (κ2) is 4.74. The number of hydrogen-bond donors (Lipinski definition) is 1. The zero-order chi connectivity index (χ0) is 11.5. The number of aromatic nitrogens is 3. The average Bonchev–Trinajstić information content (AvgIpc) is 2.73. The van der Waals surface area contributed by atoms with E-state index in [9.17, 15) is 0 Å². The Bertz CT molecular complexity index is 480. The molecular weight excluding hydrogens is 220 g/mol. The van der Waals surface area contributed by atoms with Crippen LogP contribution in [0.3, 0.4) is 0 Å². The van der Waals surface area contributed by atoms with Gasteiger partial charge in [-0.15, -0.1) is 0 Å². The van der Waals surface area contributed by atoms with E-state index in [2.05, 4.69) is 41.6 Å². The van der Waals surface area contributed by atoms with Gasteiger partial charge in [0.25, 0.3) is 0 Å². The van der Waals surface area contributed by atoms with Gasteiger partial charge < -0.3 is 5.32 Å². The van der Waals surface area contributed by atoms with Crippen molar-refractivity contribution in [2.75, 3.05) is 18.1 Å². The number of nitrogens with zero attached hydrogens (tertiary/aromatic N) is 3. The van der Waals surface area contributed by atoms with E-state index in [-0.39, 0.29) is 0 Å². The van der Waals surface area contributed by atoms with Crippen LogP contribution in [0.4, 0.5) is 5.82 Å². The van der Waals surface area contributed by atoms with Crippen LogP contribution in [0.2, 0.25) is 0 Å². The van der Waals surface area contributed by atoms with Gasteiger partial charge in [-0.2, -0.15) is 21.4 Å². The van der Waals surface area contributed by atoms with E-state index in [1.165, 1.54) is 5.56 Å². The predicted molar refractivity (Wildman–Crippen MR) is 69.2 cm³/mol. The number of pyridine rings is 1. The predicted octanol–water partition coefficient (Wildman–Crippen LogP) is 2.20. The standard InChI is InChI=1S/C11H16N4S/c1-8-4-10(12-6-9(2)16-3)15-11(5-8)13-7-14-15/h4-5,7,9,12H,6H2,1-3H3. The number of anilines is 1. The van der Waals surface area contributed by atoms with Crippen LogP contribution in [-0.2, 0) is 0 Å². The molecule has 0 bridgehead atoms. The van der Waals surface area contributed by atoms with Gasteiger partial charge in [0.1, 0.15) is 12.1 Å². The summed E-state index contributed by atoms with van der Waals surface area (Å²) in [5.74, 6) is 1.01. The molecule has 2 aromatic rings. The third-order valence-corrected chi connectivity index (χ3v) is 3.47. The highest BCUT2D eigenvalue weighted by molar-refractivity contribution is 7.99. The molecule has 86 valence electrons. The normalized spacial score (nSPS) is 12.9. The number of thioether (sulfide) groups is 1. The fourth-order valence-electron chi connectivity index (χ4n) is 1.51. The first-order valence-electron chi connectivity index (χ1n) is 5.28. The van der Waals surface area contributed by atoms with Crippen molar-refractivity contribution in [3.63, 3.8) is 0 Å². The Hall–Kier alpha value is -1.23. The Kier molecular flexibility index (Phi) is 3.33. The first kappa shape index (κ1) is 11.3. The summed E-state index contributed by atoms with van der Waals surface area (Å²) in [6, 6.07) is 4.12. The minimum atomic E-state index is 0.582. The molecule has 0 aliphatic rings. The molecule has 0 aliphatic heterocycles. The van der Waals surface area contributed by atoms with Crippen LogP contribution in [0, 0.1) is 6.92 Å². The molecule has 0 amide bonds. The van der Waals surface area contributed by atoms with Gasteiger partial charge in [0.2, 0.25) is 0 Å². The van der Waals surface area contributed by atoms with Crippen molar-refractivity contribution in [2.45, 2.75) is 19.1 Å². The summed E-state index contributed by atoms with van der Waals surface area (Å²) in [5, 5.41) is 8.19. The van der Waals surface area contributed by atoms with Crippen LogP contribution in [0.15, 0.2) is 18.5 Å². The van der Waals surface area contributed by atoms with Crippen molar-refractivity contribution in [1.29, 1.82) is 0 Å². The van der Waals surface area contributed by atoms with Gasteiger partial charge in [-0.1, -0.05) is 6.92 Å². The highest BCUT2D eigenvalue weighted by Gasteiger charge is 2.05. The van der Waals surface area contributed by atoms with Crippen molar-refractivity contribution >= 4 is 23.2 Å². The Balaban J connectivity index is 2.25. The Morgan fingerprint density at radius 1 is 1.50 bits per heavy atom. The monoisotopic (exact) mass is 236 g/mol. The molecule has 0 fully saturated rings. The summed E-state index contributed by atoms with van der Waals surface area (Å²) in [7, 11) is 0. The highest BCUT2D eigenvalue weighted by atomic mass is 32.2. The number of aryl methyl sites for hydroxylation is 1. The molecule has 2 rings (SSSR count). The lowest BCUT2D eigenvalue weighted by Crippen LogP contribution is -2.15. The Morgan fingerprint density at radius 2 is 2.31 bits per heavy atom. The maximum Gasteiger partial charge on any atom is 0.157 e. The molecule has 0 aromatic carbocycles. The Labute approximate surface area is 99.5 Å². The second-order valence-corrected chi connectivity index (χ2v) is 5.15. The number of hydrogen-bond acceptors (Lipinski definition) is 4. The van der Waals surface area contributed by atoms with Gasteiger partial charge in [-0.05, 0) is 30.9 Å². The number of rotatable bonds is 4. The molecule has 4 nitrogen and oxygen atoms in total. The molecule has 5 heteroatoms. The van der Waals surface area contributed by atoms with Crippen LogP contribution in [0.25, 0.3) is 5.65 Å². The summed E-state index contributed by atoms with van der Waals surface area (Å²) in [6.45, 7) is 5.20. The summed E-state index contributed by atoms with van der Waals surface area (Å²) in [6.07, 6.45) is 3.70. The fourth-order valence-corrected chi connectivity index (χ4v) is 1.76. The van der Waals surface area contributed by atoms with Crippen LogP contribution < -0.4 is 5.32 Å². The molecule has 1 unspecified atom stereocenters. The van der Waals surface area contributed by atoms with Crippen molar-refractivity contribution in [3.8, 4) is 0 Å². The summed E-state index contributed by atoms with van der Waals surface area (Å²) in [5.41, 5.74) is 2.08. The number of nitrogens with one attached hydrogen (secondary N) is 1. The smallest absolute Gasteiger partial charge is 0.157 e. The summed E-state index contributed by atoms with van der Waals surface area (Å²) in [4.78, 5) is 4.19. The minimum Gasteiger partial charge on any atom is -0.369 e. The lowest BCUT2D eigenvalue weighted by Gasteiger charge is -2.12. The topological polar surface area (TPSA) is 42.2 Å². The van der Waals surface area contributed by atoms with Gasteiger partial charge in [0.15, 0.2) is 5.65 Å². The minimum absolute atomic E-state index is 0.582. The van der Waals surface area contributed by atoms with E-state index in [0.717, 1.165) is 18.0 Å². The van der Waals surface area contributed by atoms with E-state index in [4.69, 9.17) is 0 Å². The Morgan fingerprint density at radius 3 is 3.06 bits per heavy atom. The molecule has 0 aliphatic carbocycles. The first-order valence-corrected chi connectivity index (χ1v) is 6.56. The fraction of sp³-hybridized carbons (Fsp3) is 0.455. The van der Waals surface area contributed by atoms with Gasteiger partial charge in [-0.3, -0.25) is 0 Å². The van der Waals surface area contributed by atoms with E-state index >= 15 is 0 Å². The maximum atomic E-state index is 4.20. The van der Waals surface area contributed by atoms with E-state index in [1.807, 2.05) is 22.3 Å². The second-order valence-electron chi connectivity index (χ2n) is 3.88. The van der Waals surface area contributed by atoms with E-state index < -0.39 is 0 Å². The lowest BCUT2D eigenvalue weighted by molar-refractivity contribution is 0.921. The molecule has 1 N–H and O–H groups in total. The van der Waals surface area contributed by atoms with Crippen molar-refractivity contribution in [2.24, 2.45) is 0 Å². The molecule has 2 heterocycles. The van der Waals surface area contributed by atoms with Crippen LogP contribution in [0.1, 0.15) is 12.5 Å². The molecule has 1 atom stereocenters. The van der Waals surface area contributed by atoms with Gasteiger partial charge in [0, 0.05) is 11.8 Å². The van der Waals surface area contributed by atoms with Crippen molar-refractivity contribution < 1.29 is 0 Å². The lowest BCUT2D eigenvalue weighted by atomic mass is 10.3. The molecular formula is C11H16N4S. The van der Waals surface area contributed by atoms with Crippen LogP contribution >= 0.6 is 11.8 Å². The average molecular weight is 236 g/mol. The molecule has 0 radical (unpaired) electrons. The third-order valence-electron chi connectivity index (χ3n) is 2.50. The molecule has 0 saturated heterocycles. The number of fused-ring (bicyclic) bond motifs is 1. The zero-order valence-electron chi connectivity index (χ0n) is 9.77. The largest absolute Gasteiger partial charge is 0.369 e. The first-order chi connectivity index (χ1) is 7.70. The third kappa shape index (κ3) is 2.29. The van der Waals surface area contributed by atoms with Gasteiger partial charge in [-0.25, -0.2) is 4.98 Å². The summed E-state index contributed by atoms with van der Waals surface area (Å²) < 4.78 is 1.83. The molecule has 16 heavy (non-hydrogen) atoms. The van der Waals surface area contributed by atoms with Crippen LogP contribution in [-0.4, -0.2) is 32.6 Å². The molecule has 0 spiro atoms. The van der Waals surface area contributed by atoms with Gasteiger partial charge in [0.05, 0.1) is 0 Å². The summed E-state index contributed by atoms with van der Waals surface area (Å²) >= 11 is 1.85. The molecule has 0 saturated carbocycles. The maximum absolute atomic E-state index is 4.20. The zero-order valence-corrected chi connectivity index (χ0v) is 10.6. The highest BCUT2D eigenvalue weighted by Crippen LogP contribution is 2.14. The SMILES string of the molecule is CSC(C)CNc1cc(C)cc2ncnn12. The van der Waals surface area contributed by atoms with Crippen molar-refractivity contribution in [1.82, 2.24) is 14.6 Å². The van der Waals surface area contributed by atoms with E-state index in [1.54, 1.807) is 6.33 Å². The quantitative estimate of drug-likeness (QED) is 0.883. The van der Waals surface area contributed by atoms with Crippen LogP contribution in [0.5, 0.6) is 0 Å².